The third-order valence-corrected chi connectivity index (χ3v) is 6.06. The fourth-order valence-electron chi connectivity index (χ4n) is 4.29. The standard InChI is InChI=1S/C25H26N4O5/c1-16(34-18-6-4-3-5-7-18)25(31)29-11-10-20-19(14-29)23(27-28(20)2)24(30)26-13-17-8-9-21-22(12-17)33-15-32-21/h3-9,12,16H,10-11,13-15H2,1-2H3,(H,26,30)/t16-/m1/s1. The Morgan fingerprint density at radius 3 is 2.76 bits per heavy atom. The molecule has 0 spiro atoms. The van der Waals surface area contributed by atoms with Crippen molar-refractivity contribution >= 4 is 11.8 Å². The van der Waals surface area contributed by atoms with Crippen LogP contribution in [0.2, 0.25) is 0 Å². The Morgan fingerprint density at radius 2 is 1.94 bits per heavy atom. The SMILES string of the molecule is C[C@@H](Oc1ccccc1)C(=O)N1CCc2c(c(C(=O)NCc3ccc4c(c3)OCO4)nn2C)C1. The van der Waals surface area contributed by atoms with Crippen LogP contribution >= 0.6 is 0 Å². The van der Waals surface area contributed by atoms with Gasteiger partial charge in [0.15, 0.2) is 23.3 Å². The summed E-state index contributed by atoms with van der Waals surface area (Å²) in [6.07, 6.45) is -0.0122. The fourth-order valence-corrected chi connectivity index (χ4v) is 4.29. The summed E-state index contributed by atoms with van der Waals surface area (Å²) in [5.41, 5.74) is 2.98. The highest BCUT2D eigenvalue weighted by molar-refractivity contribution is 5.94. The number of benzene rings is 2. The molecular weight excluding hydrogens is 436 g/mol. The second kappa shape index (κ2) is 9.09. The van der Waals surface area contributed by atoms with Crippen molar-refractivity contribution in [2.24, 2.45) is 7.05 Å². The summed E-state index contributed by atoms with van der Waals surface area (Å²) in [6.45, 7) is 3.14. The van der Waals surface area contributed by atoms with Gasteiger partial charge >= 0.3 is 0 Å². The number of nitrogens with one attached hydrogen (secondary N) is 1. The summed E-state index contributed by atoms with van der Waals surface area (Å²) in [5, 5.41) is 7.39. The highest BCUT2D eigenvalue weighted by Crippen LogP contribution is 2.32. The van der Waals surface area contributed by atoms with E-state index in [0.717, 1.165) is 16.8 Å². The van der Waals surface area contributed by atoms with Crippen molar-refractivity contribution in [1.82, 2.24) is 20.0 Å². The molecular formula is C25H26N4O5. The van der Waals surface area contributed by atoms with Crippen molar-refractivity contribution < 1.29 is 23.8 Å². The van der Waals surface area contributed by atoms with E-state index in [1.54, 1.807) is 16.5 Å². The zero-order valence-electron chi connectivity index (χ0n) is 19.1. The Hall–Kier alpha value is -4.01. The maximum Gasteiger partial charge on any atom is 0.272 e. The largest absolute Gasteiger partial charge is 0.481 e. The monoisotopic (exact) mass is 462 g/mol. The van der Waals surface area contributed by atoms with Crippen LogP contribution in [0.4, 0.5) is 0 Å². The number of fused-ring (bicyclic) bond motifs is 2. The molecule has 0 saturated heterocycles. The van der Waals surface area contributed by atoms with Gasteiger partial charge in [-0.1, -0.05) is 24.3 Å². The number of hydrogen-bond acceptors (Lipinski definition) is 6. The lowest BCUT2D eigenvalue weighted by Crippen LogP contribution is -2.43. The topological polar surface area (TPSA) is 94.9 Å². The Morgan fingerprint density at radius 1 is 1.15 bits per heavy atom. The molecule has 1 atom stereocenters. The normalized spacial score (nSPS) is 14.9. The highest BCUT2D eigenvalue weighted by atomic mass is 16.7. The summed E-state index contributed by atoms with van der Waals surface area (Å²) in [7, 11) is 1.83. The number of amides is 2. The van der Waals surface area contributed by atoms with E-state index in [1.807, 2.05) is 55.6 Å². The summed E-state index contributed by atoms with van der Waals surface area (Å²) < 4.78 is 18.3. The molecule has 0 saturated carbocycles. The average Bonchev–Trinajstić information content (AvgIpc) is 3.46. The van der Waals surface area contributed by atoms with Crippen molar-refractivity contribution in [3.05, 3.63) is 71.0 Å². The molecule has 0 unspecified atom stereocenters. The number of aromatic nitrogens is 2. The predicted molar refractivity (Wildman–Crippen MR) is 123 cm³/mol. The second-order valence-electron chi connectivity index (χ2n) is 8.35. The maximum absolute atomic E-state index is 13.1. The quantitative estimate of drug-likeness (QED) is 0.605. The summed E-state index contributed by atoms with van der Waals surface area (Å²) in [4.78, 5) is 27.8. The molecule has 1 aromatic heterocycles. The van der Waals surface area contributed by atoms with E-state index in [4.69, 9.17) is 14.2 Å². The first-order valence-corrected chi connectivity index (χ1v) is 11.2. The molecule has 2 amide bonds. The Balaban J connectivity index is 1.26. The number of ether oxygens (including phenoxy) is 3. The molecule has 0 aliphatic carbocycles. The van der Waals surface area contributed by atoms with Crippen LogP contribution in [0.5, 0.6) is 17.2 Å². The molecule has 2 aliphatic rings. The van der Waals surface area contributed by atoms with Crippen LogP contribution in [0.25, 0.3) is 0 Å². The van der Waals surface area contributed by atoms with Gasteiger partial charge in [-0.25, -0.2) is 0 Å². The smallest absolute Gasteiger partial charge is 0.272 e. The van der Waals surface area contributed by atoms with Gasteiger partial charge in [0.2, 0.25) is 6.79 Å². The zero-order valence-corrected chi connectivity index (χ0v) is 19.1. The minimum absolute atomic E-state index is 0.120. The van der Waals surface area contributed by atoms with Gasteiger partial charge in [0.25, 0.3) is 11.8 Å². The minimum atomic E-state index is -0.635. The predicted octanol–water partition coefficient (Wildman–Crippen LogP) is 2.43. The van der Waals surface area contributed by atoms with Crippen LogP contribution in [-0.4, -0.2) is 45.9 Å². The van der Waals surface area contributed by atoms with Crippen LogP contribution < -0.4 is 19.5 Å². The molecule has 176 valence electrons. The molecule has 0 fully saturated rings. The van der Waals surface area contributed by atoms with E-state index in [1.165, 1.54) is 0 Å². The lowest BCUT2D eigenvalue weighted by molar-refractivity contribution is -0.138. The number of carbonyl (C=O) groups excluding carboxylic acids is 2. The van der Waals surface area contributed by atoms with E-state index >= 15 is 0 Å². The second-order valence-corrected chi connectivity index (χ2v) is 8.35. The molecule has 5 rings (SSSR count). The van der Waals surface area contributed by atoms with Crippen molar-refractivity contribution in [2.75, 3.05) is 13.3 Å². The molecule has 2 aromatic carbocycles. The number of hydrogen-bond donors (Lipinski definition) is 1. The van der Waals surface area contributed by atoms with Gasteiger partial charge in [0, 0.05) is 44.4 Å². The van der Waals surface area contributed by atoms with E-state index in [2.05, 4.69) is 10.4 Å². The minimum Gasteiger partial charge on any atom is -0.481 e. The van der Waals surface area contributed by atoms with Crippen LogP contribution in [0.15, 0.2) is 48.5 Å². The van der Waals surface area contributed by atoms with Crippen LogP contribution in [0.1, 0.15) is 34.2 Å². The average molecular weight is 463 g/mol. The lowest BCUT2D eigenvalue weighted by Gasteiger charge is -2.30. The molecule has 34 heavy (non-hydrogen) atoms. The lowest BCUT2D eigenvalue weighted by atomic mass is 10.0. The summed E-state index contributed by atoms with van der Waals surface area (Å²) >= 11 is 0. The first-order chi connectivity index (χ1) is 16.5. The van der Waals surface area contributed by atoms with Gasteiger partial charge in [-0.2, -0.15) is 5.10 Å². The van der Waals surface area contributed by atoms with Crippen LogP contribution in [0, 0.1) is 0 Å². The molecule has 1 N–H and O–H groups in total. The van der Waals surface area contributed by atoms with Gasteiger partial charge in [0.05, 0.1) is 0 Å². The van der Waals surface area contributed by atoms with Gasteiger partial charge in [-0.15, -0.1) is 0 Å². The summed E-state index contributed by atoms with van der Waals surface area (Å²) in [5.74, 6) is 1.61. The molecule has 9 nitrogen and oxygen atoms in total. The van der Waals surface area contributed by atoms with Gasteiger partial charge in [0.1, 0.15) is 5.75 Å². The zero-order chi connectivity index (χ0) is 23.7. The first kappa shape index (κ1) is 21.8. The fraction of sp³-hybridized carbons (Fsp3) is 0.320. The van der Waals surface area contributed by atoms with Gasteiger partial charge in [-0.3, -0.25) is 14.3 Å². The first-order valence-electron chi connectivity index (χ1n) is 11.2. The van der Waals surface area contributed by atoms with Crippen LogP contribution in [-0.2, 0) is 31.4 Å². The van der Waals surface area contributed by atoms with E-state index in [0.29, 0.717) is 49.0 Å². The third-order valence-electron chi connectivity index (χ3n) is 6.06. The molecule has 0 radical (unpaired) electrons. The third kappa shape index (κ3) is 4.28. The van der Waals surface area contributed by atoms with Crippen molar-refractivity contribution in [3.63, 3.8) is 0 Å². The van der Waals surface area contributed by atoms with Crippen molar-refractivity contribution in [1.29, 1.82) is 0 Å². The van der Waals surface area contributed by atoms with Crippen LogP contribution in [0.3, 0.4) is 0 Å². The van der Waals surface area contributed by atoms with Gasteiger partial charge in [-0.05, 0) is 36.8 Å². The van der Waals surface area contributed by atoms with E-state index in [-0.39, 0.29) is 18.6 Å². The number of aryl methyl sites for hydroxylation is 1. The number of para-hydroxylation sites is 1. The Labute approximate surface area is 197 Å². The maximum atomic E-state index is 13.1. The molecule has 9 heteroatoms. The Bertz CT molecular complexity index is 1220. The number of rotatable bonds is 6. The Kier molecular flexibility index (Phi) is 5.83. The molecule has 3 aromatic rings. The van der Waals surface area contributed by atoms with E-state index < -0.39 is 6.10 Å². The summed E-state index contributed by atoms with van der Waals surface area (Å²) in [6, 6.07) is 14.8. The van der Waals surface area contributed by atoms with Crippen molar-refractivity contribution in [3.8, 4) is 17.2 Å². The van der Waals surface area contributed by atoms with Gasteiger partial charge < -0.3 is 24.4 Å². The molecule has 2 aliphatic heterocycles. The number of carbonyl (C=O) groups is 2. The molecule has 3 heterocycles. The van der Waals surface area contributed by atoms with Crippen molar-refractivity contribution in [2.45, 2.75) is 32.5 Å². The molecule has 0 bridgehead atoms. The highest BCUT2D eigenvalue weighted by Gasteiger charge is 2.31. The number of nitrogens with zero attached hydrogens (tertiary/aromatic N) is 3. The van der Waals surface area contributed by atoms with E-state index in [9.17, 15) is 9.59 Å².